The second-order valence-electron chi connectivity index (χ2n) is 17.6. The summed E-state index contributed by atoms with van der Waals surface area (Å²) < 4.78 is 23.6. The van der Waals surface area contributed by atoms with Crippen molar-refractivity contribution in [2.45, 2.75) is 245 Å². The van der Waals surface area contributed by atoms with Crippen molar-refractivity contribution in [1.29, 1.82) is 0 Å². The van der Waals surface area contributed by atoms with Crippen molar-refractivity contribution in [3.8, 4) is 0 Å². The molecule has 0 aliphatic carbocycles. The van der Waals surface area contributed by atoms with E-state index in [1.165, 1.54) is 117 Å². The summed E-state index contributed by atoms with van der Waals surface area (Å²) in [5, 5.41) is 21.8. The molecule has 2 aromatic rings. The van der Waals surface area contributed by atoms with Crippen LogP contribution in [0.15, 0.2) is 60.7 Å². The van der Waals surface area contributed by atoms with Crippen LogP contribution < -0.4 is 10.2 Å². The Hall–Kier alpha value is -2.19. The van der Waals surface area contributed by atoms with E-state index < -0.39 is 35.5 Å². The van der Waals surface area contributed by atoms with Gasteiger partial charge in [-0.3, -0.25) is 9.59 Å². The number of carbonyl (C=O) groups is 4. The average Bonchev–Trinajstić information content (AvgIpc) is 3.26. The summed E-state index contributed by atoms with van der Waals surface area (Å²) in [7, 11) is 0. The van der Waals surface area contributed by atoms with Crippen LogP contribution in [0.4, 0.5) is 0 Å². The van der Waals surface area contributed by atoms with Gasteiger partial charge in [0, 0.05) is 51.5 Å². The van der Waals surface area contributed by atoms with Crippen LogP contribution in [0, 0.1) is 0 Å². The van der Waals surface area contributed by atoms with Crippen LogP contribution >= 0.6 is 0 Å². The van der Waals surface area contributed by atoms with Crippen molar-refractivity contribution in [1.82, 2.24) is 0 Å². The first-order valence-corrected chi connectivity index (χ1v) is 25.1. The van der Waals surface area contributed by atoms with Gasteiger partial charge in [-0.1, -0.05) is 203 Å². The maximum absolute atomic E-state index is 11.8. The van der Waals surface area contributed by atoms with E-state index >= 15 is 0 Å². The molecule has 65 heavy (non-hydrogen) atoms. The summed E-state index contributed by atoms with van der Waals surface area (Å²) in [4.78, 5) is 45.4. The smallest absolute Gasteiger partial charge is 0.550 e. The van der Waals surface area contributed by atoms with Crippen LogP contribution in [-0.2, 0) is 51.3 Å². The van der Waals surface area contributed by atoms with Gasteiger partial charge in [-0.15, -0.1) is 0 Å². The standard InChI is InChI=1S/2C27H44O5.Ba/c2*1-3-4-5-6-7-8-9-10-11-12-16-21-27(32-24(2)28,22-17-20-26(29)30)31-23-25-18-14-13-15-19-25;/h2*13-15,18-19H,3-12,16-17,20-23H2,1-2H3,(H,29,30);/q;;+2/p-2. The predicted octanol–water partition coefficient (Wildman–Crippen LogP) is 11.8. The molecule has 2 atom stereocenters. The number of benzene rings is 2. The number of carboxylic acids is 2. The molecule has 0 aromatic heterocycles. The summed E-state index contributed by atoms with van der Waals surface area (Å²) in [6.07, 6.45) is 29.5. The molecule has 11 heteroatoms. The number of hydrogen-bond donors (Lipinski definition) is 0. The summed E-state index contributed by atoms with van der Waals surface area (Å²) >= 11 is 0. The fourth-order valence-corrected chi connectivity index (χ4v) is 8.03. The molecule has 2 aromatic carbocycles. The van der Waals surface area contributed by atoms with Gasteiger partial charge in [0.2, 0.25) is 11.6 Å². The summed E-state index contributed by atoms with van der Waals surface area (Å²) in [6.45, 7) is 7.87. The Kier molecular flexibility index (Phi) is 40.5. The van der Waals surface area contributed by atoms with Crippen molar-refractivity contribution >= 4 is 72.8 Å². The monoisotopic (exact) mass is 1030 g/mol. The second-order valence-corrected chi connectivity index (χ2v) is 17.6. The fourth-order valence-electron chi connectivity index (χ4n) is 8.03. The minimum atomic E-state index is -1.10. The molecule has 0 saturated carbocycles. The van der Waals surface area contributed by atoms with Crippen LogP contribution in [0.5, 0.6) is 0 Å². The van der Waals surface area contributed by atoms with Gasteiger partial charge in [0.1, 0.15) is 0 Å². The van der Waals surface area contributed by atoms with E-state index in [9.17, 15) is 29.4 Å². The number of aliphatic carboxylic acids is 2. The Morgan fingerprint density at radius 2 is 0.677 bits per heavy atom. The number of ether oxygens (including phenoxy) is 4. The maximum Gasteiger partial charge on any atom is 2.00 e. The van der Waals surface area contributed by atoms with Gasteiger partial charge in [-0.05, 0) is 49.7 Å². The first-order chi connectivity index (χ1) is 30.9. The maximum atomic E-state index is 11.8. The zero-order chi connectivity index (χ0) is 47.0. The van der Waals surface area contributed by atoms with Gasteiger partial charge < -0.3 is 38.7 Å². The number of esters is 2. The molecule has 0 aliphatic heterocycles. The molecule has 10 nitrogen and oxygen atoms in total. The molecule has 364 valence electrons. The number of rotatable bonds is 40. The van der Waals surface area contributed by atoms with E-state index in [0.717, 1.165) is 49.7 Å². The molecule has 0 heterocycles. The zero-order valence-corrected chi connectivity index (χ0v) is 45.6. The molecule has 0 saturated heterocycles. The summed E-state index contributed by atoms with van der Waals surface area (Å²) in [6, 6.07) is 19.5. The number of carboxylic acid groups (broad SMARTS) is 2. The first-order valence-electron chi connectivity index (χ1n) is 25.1. The van der Waals surface area contributed by atoms with E-state index in [0.29, 0.717) is 51.7 Å². The Bertz CT molecular complexity index is 1350. The third-order valence-corrected chi connectivity index (χ3v) is 11.5. The Balaban J connectivity index is 0.00000124. The molecular weight excluding hydrogens is 946 g/mol. The van der Waals surface area contributed by atoms with Crippen molar-refractivity contribution in [3.63, 3.8) is 0 Å². The number of carbonyl (C=O) groups excluding carboxylic acids is 4. The van der Waals surface area contributed by atoms with Gasteiger partial charge >= 0.3 is 60.8 Å². The molecule has 0 N–H and O–H groups in total. The van der Waals surface area contributed by atoms with Crippen molar-refractivity contribution < 1.29 is 48.3 Å². The van der Waals surface area contributed by atoms with E-state index in [1.54, 1.807) is 0 Å². The first kappa shape index (κ1) is 62.8. The number of hydrogen-bond acceptors (Lipinski definition) is 10. The molecule has 0 aliphatic rings. The molecule has 0 spiro atoms. The van der Waals surface area contributed by atoms with Crippen molar-refractivity contribution in [2.24, 2.45) is 0 Å². The molecular formula is C54H86BaO10. The number of unbranched alkanes of at least 4 members (excludes halogenated alkanes) is 20. The van der Waals surface area contributed by atoms with Gasteiger partial charge in [0.15, 0.2) is 0 Å². The molecule has 0 amide bonds. The Labute approximate surface area is 434 Å². The van der Waals surface area contributed by atoms with Crippen LogP contribution in [-0.4, -0.2) is 84.3 Å². The van der Waals surface area contributed by atoms with E-state index in [1.807, 2.05) is 60.7 Å². The van der Waals surface area contributed by atoms with Gasteiger partial charge in [0.25, 0.3) is 0 Å². The van der Waals surface area contributed by atoms with Crippen LogP contribution in [0.3, 0.4) is 0 Å². The molecule has 0 radical (unpaired) electrons. The minimum absolute atomic E-state index is 0. The molecule has 0 bridgehead atoms. The van der Waals surface area contributed by atoms with Crippen LogP contribution in [0.25, 0.3) is 0 Å². The fraction of sp³-hybridized carbons (Fsp3) is 0.704. The Morgan fingerprint density at radius 1 is 0.415 bits per heavy atom. The summed E-state index contributed by atoms with van der Waals surface area (Å²) in [5.74, 6) is -5.18. The second kappa shape index (κ2) is 42.0. The van der Waals surface area contributed by atoms with E-state index in [-0.39, 0.29) is 61.7 Å². The van der Waals surface area contributed by atoms with Gasteiger partial charge in [-0.2, -0.15) is 0 Å². The summed E-state index contributed by atoms with van der Waals surface area (Å²) in [5.41, 5.74) is 1.98. The van der Waals surface area contributed by atoms with Crippen LogP contribution in [0.1, 0.15) is 231 Å². The van der Waals surface area contributed by atoms with E-state index in [2.05, 4.69) is 13.8 Å². The topological polar surface area (TPSA) is 151 Å². The Morgan fingerprint density at radius 3 is 0.938 bits per heavy atom. The van der Waals surface area contributed by atoms with Crippen molar-refractivity contribution in [3.05, 3.63) is 71.8 Å². The third-order valence-electron chi connectivity index (χ3n) is 11.5. The molecule has 2 unspecified atom stereocenters. The van der Waals surface area contributed by atoms with Crippen LogP contribution in [0.2, 0.25) is 0 Å². The normalized spacial score (nSPS) is 12.7. The largest absolute Gasteiger partial charge is 2.00 e. The van der Waals surface area contributed by atoms with Gasteiger partial charge in [0.05, 0.1) is 13.2 Å². The quantitative estimate of drug-likeness (QED) is 0.0273. The minimum Gasteiger partial charge on any atom is -0.550 e. The zero-order valence-electron chi connectivity index (χ0n) is 41.2. The van der Waals surface area contributed by atoms with Gasteiger partial charge in [-0.25, -0.2) is 0 Å². The van der Waals surface area contributed by atoms with Crippen molar-refractivity contribution in [2.75, 3.05) is 0 Å². The predicted molar refractivity (Wildman–Crippen MR) is 257 cm³/mol. The third kappa shape index (κ3) is 36.5. The van der Waals surface area contributed by atoms with E-state index in [4.69, 9.17) is 18.9 Å². The SMILES string of the molecule is CCCCCCCCCCCCCC(CCCC(=O)[O-])(OCc1ccccc1)OC(C)=O.CCCCCCCCCCCCCC(CCCC(=O)[O-])(OCc1ccccc1)OC(C)=O.[Ba+2]. The average molecular weight is 1030 g/mol. The molecule has 0 fully saturated rings. The molecule has 2 rings (SSSR count).